The second kappa shape index (κ2) is 9.15. The molecule has 0 atom stereocenters. The van der Waals surface area contributed by atoms with E-state index < -0.39 is 10.0 Å². The molecule has 0 bridgehead atoms. The van der Waals surface area contributed by atoms with Crippen LogP contribution in [-0.4, -0.2) is 38.3 Å². The van der Waals surface area contributed by atoms with Gasteiger partial charge in [0.2, 0.25) is 10.0 Å². The number of hydrogen-bond donors (Lipinski definition) is 1. The highest BCUT2D eigenvalue weighted by Crippen LogP contribution is 2.26. The molecular weight excluding hydrogens is 412 g/mol. The number of halogens is 1. The predicted octanol–water partition coefficient (Wildman–Crippen LogP) is 4.15. The van der Waals surface area contributed by atoms with Crippen LogP contribution in [0.15, 0.2) is 41.3 Å². The normalized spacial score (nSPS) is 15.1. The molecule has 1 aliphatic rings. The van der Waals surface area contributed by atoms with Crippen LogP contribution >= 0.6 is 11.6 Å². The number of ether oxygens (including phenoxy) is 1. The van der Waals surface area contributed by atoms with E-state index in [-0.39, 0.29) is 17.4 Å². The van der Waals surface area contributed by atoms with Crippen LogP contribution in [0.4, 0.5) is 5.69 Å². The Balaban J connectivity index is 1.65. The minimum absolute atomic E-state index is 0.189. The number of carbonyl (C=O) groups is 1. The van der Waals surface area contributed by atoms with Crippen molar-refractivity contribution in [2.24, 2.45) is 0 Å². The van der Waals surface area contributed by atoms with Gasteiger partial charge in [-0.15, -0.1) is 0 Å². The van der Waals surface area contributed by atoms with Crippen LogP contribution in [0.25, 0.3) is 0 Å². The molecule has 0 aliphatic carbocycles. The van der Waals surface area contributed by atoms with Crippen LogP contribution in [0.3, 0.4) is 0 Å². The van der Waals surface area contributed by atoms with E-state index in [1.165, 1.54) is 10.4 Å². The van der Waals surface area contributed by atoms with Crippen LogP contribution in [0, 0.1) is 13.8 Å². The van der Waals surface area contributed by atoms with Crippen molar-refractivity contribution < 1.29 is 17.9 Å². The first-order valence-corrected chi connectivity index (χ1v) is 11.4. The standard InChI is InChI=1S/C21H25ClN2O4S/c1-15-13-17(29(26,27)24-11-4-3-5-12-24)9-10-20(15)28-14-21(25)23-19-8-6-7-18(22)16(19)2/h6-10,13H,3-5,11-12,14H2,1-2H3,(H,23,25). The molecule has 2 aromatic rings. The number of nitrogens with one attached hydrogen (secondary N) is 1. The maximum atomic E-state index is 12.8. The molecular formula is C21H25ClN2O4S. The smallest absolute Gasteiger partial charge is 0.262 e. The van der Waals surface area contributed by atoms with Gasteiger partial charge >= 0.3 is 0 Å². The van der Waals surface area contributed by atoms with Crippen molar-refractivity contribution in [1.29, 1.82) is 0 Å². The van der Waals surface area contributed by atoms with Crippen molar-refractivity contribution >= 4 is 33.2 Å². The molecule has 1 amide bonds. The van der Waals surface area contributed by atoms with Crippen molar-refractivity contribution in [3.05, 3.63) is 52.5 Å². The van der Waals surface area contributed by atoms with Gasteiger partial charge in [0.05, 0.1) is 4.90 Å². The third-order valence-electron chi connectivity index (χ3n) is 5.00. The molecule has 6 nitrogen and oxygen atoms in total. The zero-order valence-corrected chi connectivity index (χ0v) is 18.1. The molecule has 1 heterocycles. The minimum Gasteiger partial charge on any atom is -0.483 e. The monoisotopic (exact) mass is 436 g/mol. The topological polar surface area (TPSA) is 75.7 Å². The second-order valence-corrected chi connectivity index (χ2v) is 9.49. The van der Waals surface area contributed by atoms with Crippen LogP contribution in [0.2, 0.25) is 5.02 Å². The van der Waals surface area contributed by atoms with Gasteiger partial charge in [-0.3, -0.25) is 4.79 Å². The number of amides is 1. The summed E-state index contributed by atoms with van der Waals surface area (Å²) >= 11 is 6.06. The van der Waals surface area contributed by atoms with Gasteiger partial charge in [-0.05, 0) is 68.1 Å². The summed E-state index contributed by atoms with van der Waals surface area (Å²) in [6.07, 6.45) is 2.84. The van der Waals surface area contributed by atoms with Gasteiger partial charge in [0, 0.05) is 23.8 Å². The lowest BCUT2D eigenvalue weighted by Gasteiger charge is -2.26. The van der Waals surface area contributed by atoms with Gasteiger partial charge in [0.25, 0.3) is 5.91 Å². The van der Waals surface area contributed by atoms with E-state index in [0.717, 1.165) is 24.8 Å². The van der Waals surface area contributed by atoms with Crippen LogP contribution in [-0.2, 0) is 14.8 Å². The largest absolute Gasteiger partial charge is 0.483 e. The molecule has 2 aromatic carbocycles. The van der Waals surface area contributed by atoms with Gasteiger partial charge in [0.15, 0.2) is 6.61 Å². The molecule has 156 valence electrons. The summed E-state index contributed by atoms with van der Waals surface area (Å²) in [7, 11) is -3.50. The zero-order valence-electron chi connectivity index (χ0n) is 16.6. The summed E-state index contributed by atoms with van der Waals surface area (Å²) in [6, 6.07) is 10.0. The van der Waals surface area contributed by atoms with Gasteiger partial charge in [-0.1, -0.05) is 24.1 Å². The van der Waals surface area contributed by atoms with E-state index in [9.17, 15) is 13.2 Å². The summed E-state index contributed by atoms with van der Waals surface area (Å²) in [5.74, 6) is 0.153. The third kappa shape index (κ3) is 5.10. The molecule has 1 aliphatic heterocycles. The van der Waals surface area contributed by atoms with Crippen molar-refractivity contribution in [2.45, 2.75) is 38.0 Å². The van der Waals surface area contributed by atoms with E-state index in [1.54, 1.807) is 37.3 Å². The molecule has 8 heteroatoms. The molecule has 0 aromatic heterocycles. The molecule has 0 unspecified atom stereocenters. The van der Waals surface area contributed by atoms with Crippen molar-refractivity contribution in [3.8, 4) is 5.75 Å². The Morgan fingerprint density at radius 1 is 1.14 bits per heavy atom. The summed E-state index contributed by atoms with van der Waals surface area (Å²) in [4.78, 5) is 12.5. The Bertz CT molecular complexity index is 1000. The second-order valence-electron chi connectivity index (χ2n) is 7.14. The Kier molecular flexibility index (Phi) is 6.82. The van der Waals surface area contributed by atoms with Gasteiger partial charge in [0.1, 0.15) is 5.75 Å². The third-order valence-corrected chi connectivity index (χ3v) is 7.30. The van der Waals surface area contributed by atoms with Crippen LogP contribution in [0.5, 0.6) is 5.75 Å². The van der Waals surface area contributed by atoms with Gasteiger partial charge in [-0.25, -0.2) is 8.42 Å². The first kappa shape index (κ1) is 21.6. The Morgan fingerprint density at radius 2 is 1.86 bits per heavy atom. The summed E-state index contributed by atoms with van der Waals surface area (Å²) in [5.41, 5.74) is 2.08. The van der Waals surface area contributed by atoms with Crippen molar-refractivity contribution in [2.75, 3.05) is 25.0 Å². The molecule has 0 saturated carbocycles. The fourth-order valence-corrected chi connectivity index (χ4v) is 5.05. The number of carbonyl (C=O) groups excluding carboxylic acids is 1. The van der Waals surface area contributed by atoms with E-state index in [0.29, 0.717) is 35.1 Å². The highest BCUT2D eigenvalue weighted by atomic mass is 35.5. The summed E-state index contributed by atoms with van der Waals surface area (Å²) in [6.45, 7) is 4.52. The van der Waals surface area contributed by atoms with Gasteiger partial charge < -0.3 is 10.1 Å². The van der Waals surface area contributed by atoms with E-state index in [1.807, 2.05) is 6.92 Å². The lowest BCUT2D eigenvalue weighted by Crippen LogP contribution is -2.35. The van der Waals surface area contributed by atoms with Crippen LogP contribution < -0.4 is 10.1 Å². The van der Waals surface area contributed by atoms with Crippen molar-refractivity contribution in [1.82, 2.24) is 4.31 Å². The number of aryl methyl sites for hydroxylation is 1. The number of anilines is 1. The fourth-order valence-electron chi connectivity index (χ4n) is 3.27. The van der Waals surface area contributed by atoms with Gasteiger partial charge in [-0.2, -0.15) is 4.31 Å². The highest BCUT2D eigenvalue weighted by molar-refractivity contribution is 7.89. The zero-order chi connectivity index (χ0) is 21.0. The Morgan fingerprint density at radius 3 is 2.55 bits per heavy atom. The number of sulfonamides is 1. The number of hydrogen-bond acceptors (Lipinski definition) is 4. The predicted molar refractivity (Wildman–Crippen MR) is 114 cm³/mol. The first-order chi connectivity index (χ1) is 13.8. The number of benzene rings is 2. The number of piperidine rings is 1. The Labute approximate surface area is 176 Å². The van der Waals surface area contributed by atoms with E-state index >= 15 is 0 Å². The van der Waals surface area contributed by atoms with Crippen LogP contribution in [0.1, 0.15) is 30.4 Å². The molecule has 1 fully saturated rings. The molecule has 1 N–H and O–H groups in total. The van der Waals surface area contributed by atoms with E-state index in [4.69, 9.17) is 16.3 Å². The summed E-state index contributed by atoms with van der Waals surface area (Å²) < 4.78 is 32.7. The highest BCUT2D eigenvalue weighted by Gasteiger charge is 2.26. The molecule has 1 saturated heterocycles. The lowest BCUT2D eigenvalue weighted by atomic mass is 10.2. The molecule has 29 heavy (non-hydrogen) atoms. The number of nitrogens with zero attached hydrogens (tertiary/aromatic N) is 1. The fraction of sp³-hybridized carbons (Fsp3) is 0.381. The maximum absolute atomic E-state index is 12.8. The number of rotatable bonds is 6. The molecule has 0 spiro atoms. The Hall–Kier alpha value is -2.09. The lowest BCUT2D eigenvalue weighted by molar-refractivity contribution is -0.118. The average molecular weight is 437 g/mol. The first-order valence-electron chi connectivity index (χ1n) is 9.57. The van der Waals surface area contributed by atoms with Crippen molar-refractivity contribution in [3.63, 3.8) is 0 Å². The summed E-state index contributed by atoms with van der Waals surface area (Å²) in [5, 5.41) is 3.34. The minimum atomic E-state index is -3.50. The quantitative estimate of drug-likeness (QED) is 0.738. The molecule has 0 radical (unpaired) electrons. The maximum Gasteiger partial charge on any atom is 0.262 e. The average Bonchev–Trinajstić information content (AvgIpc) is 2.71. The molecule has 3 rings (SSSR count). The van der Waals surface area contributed by atoms with E-state index in [2.05, 4.69) is 5.32 Å². The SMILES string of the molecule is Cc1cc(S(=O)(=O)N2CCCCC2)ccc1OCC(=O)Nc1cccc(Cl)c1C.